The molecule has 0 aromatic rings. The zero-order chi connectivity index (χ0) is 12.3. The Hall–Kier alpha value is -0.260. The van der Waals surface area contributed by atoms with Crippen molar-refractivity contribution in [3.63, 3.8) is 0 Å². The molecule has 0 aromatic carbocycles. The zero-order valence-corrected chi connectivity index (χ0v) is 11.1. The van der Waals surface area contributed by atoms with Crippen LogP contribution in [0.15, 0.2) is 0 Å². The molecule has 1 N–H and O–H groups in total. The fourth-order valence-electron chi connectivity index (χ4n) is 2.60. The van der Waals surface area contributed by atoms with E-state index in [0.29, 0.717) is 12.2 Å². The van der Waals surface area contributed by atoms with E-state index in [4.69, 9.17) is 9.84 Å². The van der Waals surface area contributed by atoms with Crippen LogP contribution in [-0.4, -0.2) is 58.8 Å². The number of ether oxygens (including phenoxy) is 1. The molecule has 0 spiro atoms. The van der Waals surface area contributed by atoms with Gasteiger partial charge in [-0.2, -0.15) is 11.8 Å². The summed E-state index contributed by atoms with van der Waals surface area (Å²) in [5, 5.41) is 8.92. The Morgan fingerprint density at radius 2 is 2.35 bits per heavy atom. The van der Waals surface area contributed by atoms with Gasteiger partial charge >= 0.3 is 5.97 Å². The van der Waals surface area contributed by atoms with Gasteiger partial charge in [-0.05, 0) is 19.8 Å². The Labute approximate surface area is 107 Å². The number of rotatable bonds is 4. The molecular formula is C12H21NO3S. The van der Waals surface area contributed by atoms with Gasteiger partial charge in [-0.15, -0.1) is 0 Å². The van der Waals surface area contributed by atoms with Crippen LogP contribution in [0.3, 0.4) is 0 Å². The minimum absolute atomic E-state index is 0.186. The van der Waals surface area contributed by atoms with Crippen LogP contribution in [0, 0.1) is 0 Å². The summed E-state index contributed by atoms with van der Waals surface area (Å²) in [5.41, 5.74) is 0. The number of hydrogen-bond donors (Lipinski definition) is 1. The Balaban J connectivity index is 1.85. The highest BCUT2D eigenvalue weighted by molar-refractivity contribution is 7.99. The molecule has 0 bridgehead atoms. The van der Waals surface area contributed by atoms with Gasteiger partial charge < -0.3 is 9.84 Å². The predicted molar refractivity (Wildman–Crippen MR) is 68.5 cm³/mol. The van der Waals surface area contributed by atoms with Gasteiger partial charge in [0.1, 0.15) is 0 Å². The topological polar surface area (TPSA) is 49.8 Å². The van der Waals surface area contributed by atoms with Crippen molar-refractivity contribution in [2.24, 2.45) is 0 Å². The van der Waals surface area contributed by atoms with Gasteiger partial charge in [0.05, 0.1) is 18.6 Å². The van der Waals surface area contributed by atoms with Crippen LogP contribution in [0.1, 0.15) is 26.2 Å². The van der Waals surface area contributed by atoms with Crippen molar-refractivity contribution in [1.29, 1.82) is 0 Å². The van der Waals surface area contributed by atoms with Gasteiger partial charge in [0.15, 0.2) is 0 Å². The highest BCUT2D eigenvalue weighted by Gasteiger charge is 2.30. The molecule has 17 heavy (non-hydrogen) atoms. The molecule has 0 radical (unpaired) electrons. The van der Waals surface area contributed by atoms with E-state index in [-0.39, 0.29) is 12.5 Å². The van der Waals surface area contributed by atoms with E-state index in [0.717, 1.165) is 37.4 Å². The first-order valence-electron chi connectivity index (χ1n) is 6.34. The molecule has 2 aliphatic heterocycles. The van der Waals surface area contributed by atoms with E-state index in [1.807, 2.05) is 11.8 Å². The minimum atomic E-state index is -0.691. The van der Waals surface area contributed by atoms with Crippen LogP contribution >= 0.6 is 11.8 Å². The minimum Gasteiger partial charge on any atom is -0.481 e. The SMILES string of the molecule is CC1CCC(CN2CCSCC2CC(=O)O)O1. The second-order valence-electron chi connectivity index (χ2n) is 4.97. The monoisotopic (exact) mass is 259 g/mol. The Morgan fingerprint density at radius 1 is 1.53 bits per heavy atom. The van der Waals surface area contributed by atoms with E-state index in [1.54, 1.807) is 0 Å². The maximum absolute atomic E-state index is 10.8. The normalized spacial score (nSPS) is 35.0. The van der Waals surface area contributed by atoms with Crippen molar-refractivity contribution in [3.8, 4) is 0 Å². The third-order valence-corrected chi connectivity index (χ3v) is 4.61. The second kappa shape index (κ2) is 6.07. The molecule has 2 heterocycles. The summed E-state index contributed by atoms with van der Waals surface area (Å²) in [6, 6.07) is 0.186. The van der Waals surface area contributed by atoms with Crippen molar-refractivity contribution in [2.75, 3.05) is 24.6 Å². The molecule has 0 aliphatic carbocycles. The Kier molecular flexibility index (Phi) is 4.70. The lowest BCUT2D eigenvalue weighted by atomic mass is 10.1. The zero-order valence-electron chi connectivity index (χ0n) is 10.3. The van der Waals surface area contributed by atoms with Crippen LogP contribution in [0.25, 0.3) is 0 Å². The van der Waals surface area contributed by atoms with Crippen molar-refractivity contribution >= 4 is 17.7 Å². The fourth-order valence-corrected chi connectivity index (χ4v) is 3.73. The van der Waals surface area contributed by atoms with E-state index < -0.39 is 5.97 Å². The summed E-state index contributed by atoms with van der Waals surface area (Å²) in [5.74, 6) is 1.36. The third-order valence-electron chi connectivity index (χ3n) is 3.52. The van der Waals surface area contributed by atoms with Gasteiger partial charge in [0.25, 0.3) is 0 Å². The molecule has 3 atom stereocenters. The first-order valence-corrected chi connectivity index (χ1v) is 7.49. The molecular weight excluding hydrogens is 238 g/mol. The van der Waals surface area contributed by atoms with Crippen LogP contribution in [0.4, 0.5) is 0 Å². The largest absolute Gasteiger partial charge is 0.481 e. The summed E-state index contributed by atoms with van der Waals surface area (Å²) < 4.78 is 5.82. The van der Waals surface area contributed by atoms with Crippen LogP contribution < -0.4 is 0 Å². The van der Waals surface area contributed by atoms with Crippen molar-refractivity contribution in [3.05, 3.63) is 0 Å². The number of aliphatic carboxylic acids is 1. The highest BCUT2D eigenvalue weighted by atomic mass is 32.2. The number of nitrogens with zero attached hydrogens (tertiary/aromatic N) is 1. The summed E-state index contributed by atoms with van der Waals surface area (Å²) in [7, 11) is 0. The van der Waals surface area contributed by atoms with E-state index in [2.05, 4.69) is 11.8 Å². The van der Waals surface area contributed by atoms with E-state index >= 15 is 0 Å². The molecule has 3 unspecified atom stereocenters. The molecule has 0 amide bonds. The maximum Gasteiger partial charge on any atom is 0.304 e. The molecule has 0 saturated carbocycles. The number of carboxylic acids is 1. The smallest absolute Gasteiger partial charge is 0.304 e. The average Bonchev–Trinajstić information content (AvgIpc) is 2.66. The standard InChI is InChI=1S/C12H21NO3S/c1-9-2-3-11(16-9)7-13-4-5-17-8-10(13)6-12(14)15/h9-11H,2-8H2,1H3,(H,14,15). The Morgan fingerprint density at radius 3 is 3.00 bits per heavy atom. The summed E-state index contributed by atoms with van der Waals surface area (Å²) in [4.78, 5) is 13.1. The lowest BCUT2D eigenvalue weighted by Crippen LogP contribution is -2.46. The van der Waals surface area contributed by atoms with E-state index in [9.17, 15) is 4.79 Å². The van der Waals surface area contributed by atoms with Gasteiger partial charge in [0, 0.05) is 30.6 Å². The molecule has 5 heteroatoms. The molecule has 98 valence electrons. The Bertz CT molecular complexity index is 274. The summed E-state index contributed by atoms with van der Waals surface area (Å²) >= 11 is 1.86. The fraction of sp³-hybridized carbons (Fsp3) is 0.917. The van der Waals surface area contributed by atoms with Crippen LogP contribution in [0.2, 0.25) is 0 Å². The number of carboxylic acid groups (broad SMARTS) is 1. The third kappa shape index (κ3) is 3.86. The van der Waals surface area contributed by atoms with Gasteiger partial charge in [0.2, 0.25) is 0 Å². The average molecular weight is 259 g/mol. The molecule has 4 nitrogen and oxygen atoms in total. The summed E-state index contributed by atoms with van der Waals surface area (Å²) in [6.07, 6.45) is 3.19. The van der Waals surface area contributed by atoms with Crippen molar-refractivity contribution in [1.82, 2.24) is 4.90 Å². The second-order valence-corrected chi connectivity index (χ2v) is 6.12. The molecule has 2 saturated heterocycles. The first-order chi connectivity index (χ1) is 8.15. The quantitative estimate of drug-likeness (QED) is 0.828. The lowest BCUT2D eigenvalue weighted by Gasteiger charge is -2.36. The lowest BCUT2D eigenvalue weighted by molar-refractivity contribution is -0.138. The van der Waals surface area contributed by atoms with Crippen molar-refractivity contribution < 1.29 is 14.6 Å². The molecule has 2 aliphatic rings. The number of thioether (sulfide) groups is 1. The van der Waals surface area contributed by atoms with Gasteiger partial charge in [-0.1, -0.05) is 0 Å². The predicted octanol–water partition coefficient (Wildman–Crippen LogP) is 1.45. The van der Waals surface area contributed by atoms with Crippen molar-refractivity contribution in [2.45, 2.75) is 44.4 Å². The number of carbonyl (C=O) groups is 1. The van der Waals surface area contributed by atoms with Crippen LogP contribution in [0.5, 0.6) is 0 Å². The first kappa shape index (κ1) is 13.2. The van der Waals surface area contributed by atoms with E-state index in [1.165, 1.54) is 0 Å². The molecule has 0 aromatic heterocycles. The van der Waals surface area contributed by atoms with Crippen LogP contribution in [-0.2, 0) is 9.53 Å². The number of hydrogen-bond acceptors (Lipinski definition) is 4. The molecule has 2 fully saturated rings. The highest BCUT2D eigenvalue weighted by Crippen LogP contribution is 2.24. The van der Waals surface area contributed by atoms with Gasteiger partial charge in [-0.3, -0.25) is 9.69 Å². The summed E-state index contributed by atoms with van der Waals surface area (Å²) in [6.45, 7) is 4.01. The van der Waals surface area contributed by atoms with Gasteiger partial charge in [-0.25, -0.2) is 0 Å². The molecule has 2 rings (SSSR count). The maximum atomic E-state index is 10.8.